The highest BCUT2D eigenvalue weighted by Gasteiger charge is 1.93. The molecule has 0 bridgehead atoms. The van der Waals surface area contributed by atoms with Crippen LogP contribution in [0.4, 0.5) is 0 Å². The van der Waals surface area contributed by atoms with Gasteiger partial charge >= 0.3 is 0 Å². The van der Waals surface area contributed by atoms with Gasteiger partial charge in [-0.25, -0.2) is 9.97 Å². The Hall–Kier alpha value is -0.570. The van der Waals surface area contributed by atoms with E-state index in [4.69, 9.17) is 0 Å². The molecular formula is C8H12N2S. The van der Waals surface area contributed by atoms with Crippen LogP contribution in [0.1, 0.15) is 18.4 Å². The highest BCUT2D eigenvalue weighted by atomic mass is 32.2. The maximum Gasteiger partial charge on any atom is 0.125 e. The molecule has 0 amide bonds. The molecule has 2 nitrogen and oxygen atoms in total. The molecule has 0 radical (unpaired) electrons. The monoisotopic (exact) mass is 168 g/mol. The first kappa shape index (κ1) is 8.53. The summed E-state index contributed by atoms with van der Waals surface area (Å²) in [6.45, 7) is 4.07. The molecule has 1 rings (SSSR count). The largest absolute Gasteiger partial charge is 0.242 e. The predicted molar refractivity (Wildman–Crippen MR) is 48.6 cm³/mol. The van der Waals surface area contributed by atoms with Crippen molar-refractivity contribution in [2.24, 2.45) is 0 Å². The summed E-state index contributed by atoms with van der Waals surface area (Å²) in [4.78, 5) is 8.31. The summed E-state index contributed by atoms with van der Waals surface area (Å²) in [5.74, 6) is 3.00. The number of aryl methyl sites for hydroxylation is 1. The Morgan fingerprint density at radius 1 is 1.55 bits per heavy atom. The Bertz CT molecular complexity index is 225. The van der Waals surface area contributed by atoms with Gasteiger partial charge in [-0.15, -0.1) is 0 Å². The third-order valence-corrected chi connectivity index (χ3v) is 2.20. The highest BCUT2D eigenvalue weighted by molar-refractivity contribution is 7.98. The number of nitrogens with zero attached hydrogens (tertiary/aromatic N) is 2. The number of thioether (sulfide) groups is 1. The lowest BCUT2D eigenvalue weighted by atomic mass is 10.4. The van der Waals surface area contributed by atoms with E-state index in [1.54, 1.807) is 0 Å². The van der Waals surface area contributed by atoms with Crippen molar-refractivity contribution in [1.82, 2.24) is 9.97 Å². The van der Waals surface area contributed by atoms with Gasteiger partial charge in [0, 0.05) is 11.9 Å². The second-order valence-corrected chi connectivity index (χ2v) is 3.51. The molecule has 0 fully saturated rings. The molecule has 60 valence electrons. The Morgan fingerprint density at radius 3 is 3.00 bits per heavy atom. The molecule has 11 heavy (non-hydrogen) atoms. The maximum absolute atomic E-state index is 4.28. The van der Waals surface area contributed by atoms with Gasteiger partial charge in [0.25, 0.3) is 0 Å². The third kappa shape index (κ3) is 2.89. The molecule has 1 aromatic heterocycles. The van der Waals surface area contributed by atoms with Crippen molar-refractivity contribution >= 4 is 11.8 Å². The van der Waals surface area contributed by atoms with E-state index in [0.29, 0.717) is 0 Å². The molecule has 0 aliphatic rings. The van der Waals surface area contributed by atoms with Crippen LogP contribution in [-0.2, 0) is 5.75 Å². The first-order chi connectivity index (χ1) is 5.33. The Labute approximate surface area is 71.5 Å². The Kier molecular flexibility index (Phi) is 3.36. The minimum atomic E-state index is 0.860. The van der Waals surface area contributed by atoms with Crippen molar-refractivity contribution < 1.29 is 0 Å². The molecule has 0 N–H and O–H groups in total. The molecule has 0 saturated heterocycles. The fraction of sp³-hybridized carbons (Fsp3) is 0.500. The van der Waals surface area contributed by atoms with Crippen LogP contribution in [0.25, 0.3) is 0 Å². The molecule has 3 heteroatoms. The minimum absolute atomic E-state index is 0.860. The molecule has 0 aliphatic carbocycles. The van der Waals surface area contributed by atoms with Crippen molar-refractivity contribution in [2.45, 2.75) is 19.6 Å². The van der Waals surface area contributed by atoms with Gasteiger partial charge in [-0.05, 0) is 18.7 Å². The zero-order valence-corrected chi connectivity index (χ0v) is 7.69. The summed E-state index contributed by atoms with van der Waals surface area (Å²) in [5, 5.41) is 0. The summed E-state index contributed by atoms with van der Waals surface area (Å²) in [5.41, 5.74) is 1.13. The van der Waals surface area contributed by atoms with E-state index in [1.807, 2.05) is 30.9 Å². The smallest absolute Gasteiger partial charge is 0.125 e. The van der Waals surface area contributed by atoms with E-state index in [0.717, 1.165) is 23.0 Å². The van der Waals surface area contributed by atoms with Crippen LogP contribution < -0.4 is 0 Å². The van der Waals surface area contributed by atoms with E-state index < -0.39 is 0 Å². The number of hydrogen-bond donors (Lipinski definition) is 0. The van der Waals surface area contributed by atoms with Gasteiger partial charge in [-0.1, -0.05) is 6.92 Å². The van der Waals surface area contributed by atoms with Gasteiger partial charge in [-0.3, -0.25) is 0 Å². The normalized spacial score (nSPS) is 10.0. The van der Waals surface area contributed by atoms with Crippen molar-refractivity contribution in [3.05, 3.63) is 23.8 Å². The molecule has 0 aromatic carbocycles. The predicted octanol–water partition coefficient (Wildman–Crippen LogP) is 2.04. The summed E-state index contributed by atoms with van der Waals surface area (Å²) in [6.07, 6.45) is 1.81. The van der Waals surface area contributed by atoms with Gasteiger partial charge in [0.2, 0.25) is 0 Å². The van der Waals surface area contributed by atoms with Crippen LogP contribution in [0.3, 0.4) is 0 Å². The zero-order chi connectivity index (χ0) is 8.10. The van der Waals surface area contributed by atoms with Crippen LogP contribution in [0.15, 0.2) is 12.3 Å². The molecule has 0 unspecified atom stereocenters. The standard InChI is InChI=1S/C8H12N2S/c1-3-11-6-8-4-5-9-7(2)10-8/h4-5H,3,6H2,1-2H3. The molecule has 1 heterocycles. The fourth-order valence-corrected chi connectivity index (χ4v) is 1.37. The lowest BCUT2D eigenvalue weighted by Crippen LogP contribution is -1.92. The van der Waals surface area contributed by atoms with Crippen LogP contribution in [0.2, 0.25) is 0 Å². The topological polar surface area (TPSA) is 25.8 Å². The van der Waals surface area contributed by atoms with Crippen LogP contribution in [-0.4, -0.2) is 15.7 Å². The molecular weight excluding hydrogens is 156 g/mol. The average molecular weight is 168 g/mol. The SMILES string of the molecule is CCSCc1ccnc(C)n1. The van der Waals surface area contributed by atoms with Gasteiger partial charge < -0.3 is 0 Å². The zero-order valence-electron chi connectivity index (χ0n) is 6.87. The van der Waals surface area contributed by atoms with Crippen molar-refractivity contribution in [2.75, 3.05) is 5.75 Å². The van der Waals surface area contributed by atoms with Crippen LogP contribution >= 0.6 is 11.8 Å². The van der Waals surface area contributed by atoms with E-state index in [9.17, 15) is 0 Å². The Balaban J connectivity index is 2.56. The molecule has 0 saturated carbocycles. The minimum Gasteiger partial charge on any atom is -0.242 e. The second kappa shape index (κ2) is 4.34. The molecule has 0 aliphatic heterocycles. The first-order valence-electron chi connectivity index (χ1n) is 3.69. The van der Waals surface area contributed by atoms with E-state index in [-0.39, 0.29) is 0 Å². The second-order valence-electron chi connectivity index (χ2n) is 2.23. The lowest BCUT2D eigenvalue weighted by Gasteiger charge is -1.98. The number of aromatic nitrogens is 2. The lowest BCUT2D eigenvalue weighted by molar-refractivity contribution is 1.00. The number of hydrogen-bond acceptors (Lipinski definition) is 3. The van der Waals surface area contributed by atoms with Gasteiger partial charge in [0.1, 0.15) is 5.82 Å². The van der Waals surface area contributed by atoms with E-state index >= 15 is 0 Å². The van der Waals surface area contributed by atoms with E-state index in [2.05, 4.69) is 16.9 Å². The highest BCUT2D eigenvalue weighted by Crippen LogP contribution is 2.08. The first-order valence-corrected chi connectivity index (χ1v) is 4.84. The van der Waals surface area contributed by atoms with Crippen LogP contribution in [0, 0.1) is 6.92 Å². The van der Waals surface area contributed by atoms with Crippen molar-refractivity contribution in [3.8, 4) is 0 Å². The fourth-order valence-electron chi connectivity index (χ4n) is 0.792. The van der Waals surface area contributed by atoms with E-state index in [1.165, 1.54) is 0 Å². The molecule has 0 atom stereocenters. The quantitative estimate of drug-likeness (QED) is 0.690. The Morgan fingerprint density at radius 2 is 2.36 bits per heavy atom. The van der Waals surface area contributed by atoms with Crippen molar-refractivity contribution in [3.63, 3.8) is 0 Å². The molecule has 0 spiro atoms. The van der Waals surface area contributed by atoms with Gasteiger partial charge in [0.15, 0.2) is 0 Å². The summed E-state index contributed by atoms with van der Waals surface area (Å²) in [6, 6.07) is 1.97. The van der Waals surface area contributed by atoms with Crippen LogP contribution in [0.5, 0.6) is 0 Å². The van der Waals surface area contributed by atoms with Crippen molar-refractivity contribution in [1.29, 1.82) is 0 Å². The van der Waals surface area contributed by atoms with Gasteiger partial charge in [0.05, 0.1) is 5.69 Å². The van der Waals surface area contributed by atoms with Gasteiger partial charge in [-0.2, -0.15) is 11.8 Å². The summed E-state index contributed by atoms with van der Waals surface area (Å²) < 4.78 is 0. The summed E-state index contributed by atoms with van der Waals surface area (Å²) in [7, 11) is 0. The summed E-state index contributed by atoms with van der Waals surface area (Å²) >= 11 is 1.88. The molecule has 1 aromatic rings. The third-order valence-electron chi connectivity index (χ3n) is 1.29. The number of rotatable bonds is 3. The maximum atomic E-state index is 4.28. The average Bonchev–Trinajstić information content (AvgIpc) is 2.01.